The topological polar surface area (TPSA) is 50.7 Å². The molecule has 0 saturated heterocycles. The number of rotatable bonds is 3. The van der Waals surface area contributed by atoms with Crippen molar-refractivity contribution >= 4 is 22.8 Å². The molecule has 1 aliphatic heterocycles. The first-order valence-corrected chi connectivity index (χ1v) is 9.12. The molecular formula is C16H26N2O2S. The summed E-state index contributed by atoms with van der Waals surface area (Å²) in [6.45, 7) is 0.975. The number of aliphatic imine (C=N–C) groups is 1. The summed E-state index contributed by atoms with van der Waals surface area (Å²) in [4.78, 5) is 16.7. The molecular weight excluding hydrogens is 284 g/mol. The van der Waals surface area contributed by atoms with Gasteiger partial charge in [0.25, 0.3) is 5.91 Å². The van der Waals surface area contributed by atoms with E-state index in [0.717, 1.165) is 43.3 Å². The van der Waals surface area contributed by atoms with E-state index >= 15 is 0 Å². The van der Waals surface area contributed by atoms with Gasteiger partial charge in [-0.2, -0.15) is 4.99 Å². The number of amides is 1. The summed E-state index contributed by atoms with van der Waals surface area (Å²) in [5.41, 5.74) is 0. The minimum Gasteiger partial charge on any atom is -0.381 e. The largest absolute Gasteiger partial charge is 0.381 e. The first-order valence-electron chi connectivity index (χ1n) is 8.31. The van der Waals surface area contributed by atoms with E-state index in [0.29, 0.717) is 0 Å². The average Bonchev–Trinajstić information content (AvgIpc) is 2.82. The van der Waals surface area contributed by atoms with Crippen molar-refractivity contribution in [1.29, 1.82) is 0 Å². The van der Waals surface area contributed by atoms with E-state index in [9.17, 15) is 4.79 Å². The SMILES string of the molecule is COC1CCCC2(C1)SC(NCC1CCCCC1)=NC2=O. The van der Waals surface area contributed by atoms with Gasteiger partial charge in [-0.1, -0.05) is 31.0 Å². The molecule has 5 heteroatoms. The lowest BCUT2D eigenvalue weighted by atomic mass is 9.86. The van der Waals surface area contributed by atoms with Gasteiger partial charge < -0.3 is 10.1 Å². The quantitative estimate of drug-likeness (QED) is 0.870. The predicted molar refractivity (Wildman–Crippen MR) is 86.6 cm³/mol. The van der Waals surface area contributed by atoms with Crippen molar-refractivity contribution in [3.8, 4) is 0 Å². The van der Waals surface area contributed by atoms with Crippen LogP contribution < -0.4 is 5.32 Å². The van der Waals surface area contributed by atoms with E-state index in [1.165, 1.54) is 32.1 Å². The minimum absolute atomic E-state index is 0.0559. The Labute approximate surface area is 131 Å². The fourth-order valence-electron chi connectivity index (χ4n) is 3.82. The van der Waals surface area contributed by atoms with Gasteiger partial charge in [-0.3, -0.25) is 4.79 Å². The summed E-state index contributed by atoms with van der Waals surface area (Å²) < 4.78 is 5.14. The lowest BCUT2D eigenvalue weighted by Crippen LogP contribution is -2.40. The average molecular weight is 310 g/mol. The monoisotopic (exact) mass is 310 g/mol. The summed E-state index contributed by atoms with van der Waals surface area (Å²) in [6.07, 6.45) is 10.8. The minimum atomic E-state index is -0.339. The number of amidine groups is 1. The van der Waals surface area contributed by atoms with Gasteiger partial charge >= 0.3 is 0 Å². The fraction of sp³-hybridized carbons (Fsp3) is 0.875. The summed E-state index contributed by atoms with van der Waals surface area (Å²) >= 11 is 1.66. The van der Waals surface area contributed by atoms with Gasteiger partial charge in [-0.05, 0) is 44.4 Å². The number of methoxy groups -OCH3 is 1. The molecule has 2 aliphatic carbocycles. The van der Waals surface area contributed by atoms with Crippen LogP contribution in [0.5, 0.6) is 0 Å². The first-order chi connectivity index (χ1) is 10.2. The van der Waals surface area contributed by atoms with Crippen LogP contribution >= 0.6 is 11.8 Å². The lowest BCUT2D eigenvalue weighted by molar-refractivity contribution is -0.121. The Kier molecular flexibility index (Phi) is 4.89. The van der Waals surface area contributed by atoms with Gasteiger partial charge in [0.15, 0.2) is 5.17 Å². The van der Waals surface area contributed by atoms with Crippen molar-refractivity contribution < 1.29 is 9.53 Å². The van der Waals surface area contributed by atoms with Crippen LogP contribution in [-0.2, 0) is 9.53 Å². The zero-order valence-corrected chi connectivity index (χ0v) is 13.7. The van der Waals surface area contributed by atoms with Crippen LogP contribution in [0.1, 0.15) is 57.8 Å². The molecule has 2 unspecified atom stereocenters. The number of carbonyl (C=O) groups excluding carboxylic acids is 1. The first kappa shape index (κ1) is 15.3. The molecule has 4 nitrogen and oxygen atoms in total. The molecule has 3 rings (SSSR count). The predicted octanol–water partition coefficient (Wildman–Crippen LogP) is 3.11. The molecule has 0 radical (unpaired) electrons. The van der Waals surface area contributed by atoms with Crippen LogP contribution in [-0.4, -0.2) is 35.6 Å². The van der Waals surface area contributed by atoms with E-state index in [-0.39, 0.29) is 16.8 Å². The normalized spacial score (nSPS) is 34.2. The van der Waals surface area contributed by atoms with Crippen LogP contribution in [0.2, 0.25) is 0 Å². The summed E-state index contributed by atoms with van der Waals surface area (Å²) in [5.74, 6) is 0.812. The molecule has 1 amide bonds. The van der Waals surface area contributed by atoms with Gasteiger partial charge in [0.2, 0.25) is 0 Å². The Morgan fingerprint density at radius 3 is 2.86 bits per heavy atom. The van der Waals surface area contributed by atoms with Crippen molar-refractivity contribution in [1.82, 2.24) is 5.32 Å². The van der Waals surface area contributed by atoms with Crippen molar-refractivity contribution in [2.75, 3.05) is 13.7 Å². The van der Waals surface area contributed by atoms with E-state index in [2.05, 4.69) is 10.3 Å². The summed E-state index contributed by atoms with van der Waals surface area (Å²) in [7, 11) is 1.75. The Morgan fingerprint density at radius 1 is 1.29 bits per heavy atom. The Balaban J connectivity index is 1.54. The third-order valence-electron chi connectivity index (χ3n) is 5.15. The molecule has 1 spiro atoms. The lowest BCUT2D eigenvalue weighted by Gasteiger charge is -2.34. The highest BCUT2D eigenvalue weighted by molar-refractivity contribution is 8.16. The third-order valence-corrected chi connectivity index (χ3v) is 6.51. The van der Waals surface area contributed by atoms with E-state index in [1.54, 1.807) is 18.9 Å². The highest BCUT2D eigenvalue weighted by atomic mass is 32.2. The van der Waals surface area contributed by atoms with Gasteiger partial charge in [0.1, 0.15) is 4.75 Å². The molecule has 2 fully saturated rings. The van der Waals surface area contributed by atoms with Crippen LogP contribution in [0.25, 0.3) is 0 Å². The van der Waals surface area contributed by atoms with E-state index in [4.69, 9.17) is 4.74 Å². The van der Waals surface area contributed by atoms with Gasteiger partial charge in [0.05, 0.1) is 6.10 Å². The Bertz CT molecular complexity index is 421. The second-order valence-electron chi connectivity index (χ2n) is 6.66. The number of hydrogen-bond acceptors (Lipinski definition) is 4. The van der Waals surface area contributed by atoms with Gasteiger partial charge in [-0.25, -0.2) is 0 Å². The Hall–Kier alpha value is -0.550. The molecule has 2 saturated carbocycles. The number of carbonyl (C=O) groups is 1. The number of nitrogens with zero attached hydrogens (tertiary/aromatic N) is 1. The fourth-order valence-corrected chi connectivity index (χ4v) is 5.12. The van der Waals surface area contributed by atoms with Crippen molar-refractivity contribution in [2.24, 2.45) is 10.9 Å². The van der Waals surface area contributed by atoms with Crippen LogP contribution in [0.15, 0.2) is 4.99 Å². The number of nitrogens with one attached hydrogen (secondary N) is 1. The molecule has 0 bridgehead atoms. The zero-order valence-electron chi connectivity index (χ0n) is 12.9. The van der Waals surface area contributed by atoms with Crippen LogP contribution in [0.4, 0.5) is 0 Å². The molecule has 2 atom stereocenters. The van der Waals surface area contributed by atoms with E-state index < -0.39 is 0 Å². The standard InChI is InChI=1S/C16H26N2O2S/c1-20-13-8-5-9-16(10-13)14(19)18-15(21-16)17-11-12-6-3-2-4-7-12/h12-13H,2-11H2,1H3,(H,17,18,19). The van der Waals surface area contributed by atoms with Crippen molar-refractivity contribution in [2.45, 2.75) is 68.6 Å². The number of ether oxygens (including phenoxy) is 1. The molecule has 0 aromatic carbocycles. The molecule has 0 aromatic rings. The maximum Gasteiger partial charge on any atom is 0.264 e. The molecule has 21 heavy (non-hydrogen) atoms. The Morgan fingerprint density at radius 2 is 2.10 bits per heavy atom. The maximum atomic E-state index is 12.4. The zero-order chi connectivity index (χ0) is 14.7. The van der Waals surface area contributed by atoms with Crippen molar-refractivity contribution in [3.05, 3.63) is 0 Å². The van der Waals surface area contributed by atoms with Crippen LogP contribution in [0, 0.1) is 5.92 Å². The second-order valence-corrected chi connectivity index (χ2v) is 8.03. The summed E-state index contributed by atoms with van der Waals surface area (Å²) in [6, 6.07) is 0. The molecule has 1 heterocycles. The van der Waals surface area contributed by atoms with Gasteiger partial charge in [0, 0.05) is 13.7 Å². The highest BCUT2D eigenvalue weighted by Gasteiger charge is 2.48. The molecule has 3 aliphatic rings. The number of hydrogen-bond donors (Lipinski definition) is 1. The number of thioether (sulfide) groups is 1. The van der Waals surface area contributed by atoms with Crippen molar-refractivity contribution in [3.63, 3.8) is 0 Å². The van der Waals surface area contributed by atoms with Gasteiger partial charge in [-0.15, -0.1) is 0 Å². The van der Waals surface area contributed by atoms with Crippen LogP contribution in [0.3, 0.4) is 0 Å². The highest BCUT2D eigenvalue weighted by Crippen LogP contribution is 2.45. The van der Waals surface area contributed by atoms with E-state index in [1.807, 2.05) is 0 Å². The third kappa shape index (κ3) is 3.45. The maximum absolute atomic E-state index is 12.4. The molecule has 118 valence electrons. The smallest absolute Gasteiger partial charge is 0.264 e. The molecule has 1 N–H and O–H groups in total. The molecule has 0 aromatic heterocycles. The second kappa shape index (κ2) is 6.69. The summed E-state index contributed by atoms with van der Waals surface area (Å²) in [5, 5.41) is 4.29.